The van der Waals surface area contributed by atoms with E-state index in [0.717, 1.165) is 58.7 Å². The van der Waals surface area contributed by atoms with E-state index >= 15 is 0 Å². The van der Waals surface area contributed by atoms with Gasteiger partial charge in [-0.15, -0.1) is 0 Å². The molecule has 132 valence electrons. The quantitative estimate of drug-likeness (QED) is 0.683. The summed E-state index contributed by atoms with van der Waals surface area (Å²) in [5.74, 6) is 0.631. The van der Waals surface area contributed by atoms with Crippen LogP contribution in [0, 0.1) is 5.92 Å². The van der Waals surface area contributed by atoms with Crippen LogP contribution >= 0.6 is 0 Å². The Morgan fingerprint density at radius 2 is 2.04 bits per heavy atom. The number of amides is 1. The number of anilines is 1. The Kier molecular flexibility index (Phi) is 5.65. The second-order valence-electron chi connectivity index (χ2n) is 6.68. The first-order valence-electron chi connectivity index (χ1n) is 8.76. The molecule has 0 aliphatic carbocycles. The lowest BCUT2D eigenvalue weighted by Crippen LogP contribution is -2.50. The van der Waals surface area contributed by atoms with Crippen molar-refractivity contribution in [1.82, 2.24) is 15.2 Å². The molecule has 3 rings (SSSR count). The van der Waals surface area contributed by atoms with Crippen LogP contribution in [-0.4, -0.2) is 72.8 Å². The molecule has 0 spiro atoms. The van der Waals surface area contributed by atoms with Gasteiger partial charge in [0.25, 0.3) is 5.91 Å². The molecular formula is C17H27N5O2. The summed E-state index contributed by atoms with van der Waals surface area (Å²) in [6.07, 6.45) is 3.54. The minimum atomic E-state index is -0.443. The Morgan fingerprint density at radius 3 is 2.71 bits per heavy atom. The summed E-state index contributed by atoms with van der Waals surface area (Å²) in [5.41, 5.74) is 5.92. The lowest BCUT2D eigenvalue weighted by atomic mass is 9.92. The molecule has 1 aromatic rings. The minimum Gasteiger partial charge on any atom is -0.392 e. The van der Waals surface area contributed by atoms with Gasteiger partial charge in [-0.1, -0.05) is 0 Å². The number of primary amides is 1. The Labute approximate surface area is 142 Å². The highest BCUT2D eigenvalue weighted by molar-refractivity contribution is 5.97. The van der Waals surface area contributed by atoms with E-state index in [0.29, 0.717) is 17.3 Å². The number of aromatic nitrogens is 1. The fraction of sp³-hybridized carbons (Fsp3) is 0.647. The smallest absolute Gasteiger partial charge is 0.252 e. The number of pyridine rings is 1. The zero-order valence-corrected chi connectivity index (χ0v) is 14.0. The van der Waals surface area contributed by atoms with Crippen LogP contribution in [0.5, 0.6) is 0 Å². The molecule has 3 heterocycles. The normalized spacial score (nSPS) is 21.6. The van der Waals surface area contributed by atoms with Crippen LogP contribution < -0.4 is 16.0 Å². The molecule has 0 saturated carbocycles. The monoisotopic (exact) mass is 333 g/mol. The average Bonchev–Trinajstić information content (AvgIpc) is 2.63. The zero-order valence-electron chi connectivity index (χ0n) is 14.0. The Morgan fingerprint density at radius 1 is 1.33 bits per heavy atom. The molecule has 1 unspecified atom stereocenters. The number of piperidine rings is 1. The first kappa shape index (κ1) is 17.1. The Balaban J connectivity index is 1.53. The molecule has 7 nitrogen and oxygen atoms in total. The van der Waals surface area contributed by atoms with Crippen molar-refractivity contribution in [3.63, 3.8) is 0 Å². The molecule has 24 heavy (non-hydrogen) atoms. The third kappa shape index (κ3) is 4.03. The lowest BCUT2D eigenvalue weighted by molar-refractivity contribution is 0.0487. The van der Waals surface area contributed by atoms with Gasteiger partial charge in [0.1, 0.15) is 5.82 Å². The first-order chi connectivity index (χ1) is 11.6. The Bertz CT molecular complexity index is 554. The SMILES string of the molecule is NC(=O)c1cccnc1N1CCN(CC(O)C2CCNCC2)CC1. The maximum absolute atomic E-state index is 11.6. The maximum Gasteiger partial charge on any atom is 0.252 e. The number of rotatable bonds is 5. The molecular weight excluding hydrogens is 306 g/mol. The van der Waals surface area contributed by atoms with Gasteiger partial charge in [-0.25, -0.2) is 4.98 Å². The second kappa shape index (κ2) is 7.92. The van der Waals surface area contributed by atoms with E-state index in [9.17, 15) is 9.90 Å². The van der Waals surface area contributed by atoms with E-state index in [2.05, 4.69) is 20.1 Å². The summed E-state index contributed by atoms with van der Waals surface area (Å²) in [5, 5.41) is 13.8. The number of hydrogen-bond donors (Lipinski definition) is 3. The number of hydrogen-bond acceptors (Lipinski definition) is 6. The largest absolute Gasteiger partial charge is 0.392 e. The zero-order chi connectivity index (χ0) is 16.9. The van der Waals surface area contributed by atoms with E-state index in [4.69, 9.17) is 5.73 Å². The molecule has 1 amide bonds. The predicted molar refractivity (Wildman–Crippen MR) is 93.0 cm³/mol. The molecule has 1 aromatic heterocycles. The summed E-state index contributed by atoms with van der Waals surface area (Å²) in [6.45, 7) is 6.03. The molecule has 0 aromatic carbocycles. The van der Waals surface area contributed by atoms with Crippen molar-refractivity contribution in [2.75, 3.05) is 50.7 Å². The number of β-amino-alcohol motifs (C(OH)–C–C–N with tert-alkyl or cyclic N) is 1. The molecule has 2 fully saturated rings. The van der Waals surface area contributed by atoms with Gasteiger partial charge in [0, 0.05) is 38.9 Å². The van der Waals surface area contributed by atoms with Gasteiger partial charge < -0.3 is 21.1 Å². The summed E-state index contributed by atoms with van der Waals surface area (Å²) in [4.78, 5) is 20.3. The number of nitrogens with one attached hydrogen (secondary N) is 1. The fourth-order valence-corrected chi connectivity index (χ4v) is 3.63. The average molecular weight is 333 g/mol. The third-order valence-electron chi connectivity index (χ3n) is 5.10. The molecule has 4 N–H and O–H groups in total. The van der Waals surface area contributed by atoms with E-state index < -0.39 is 5.91 Å². The van der Waals surface area contributed by atoms with Crippen LogP contribution in [0.25, 0.3) is 0 Å². The summed E-state index contributed by atoms with van der Waals surface area (Å²) < 4.78 is 0. The van der Waals surface area contributed by atoms with Crippen molar-refractivity contribution in [3.8, 4) is 0 Å². The number of aliphatic hydroxyl groups is 1. The molecule has 2 aliphatic heterocycles. The van der Waals surface area contributed by atoms with Crippen molar-refractivity contribution in [3.05, 3.63) is 23.9 Å². The van der Waals surface area contributed by atoms with Gasteiger partial charge in [0.2, 0.25) is 0 Å². The second-order valence-corrected chi connectivity index (χ2v) is 6.68. The summed E-state index contributed by atoms with van der Waals surface area (Å²) in [7, 11) is 0. The highest BCUT2D eigenvalue weighted by atomic mass is 16.3. The van der Waals surface area contributed by atoms with Crippen molar-refractivity contribution < 1.29 is 9.90 Å². The molecule has 1 atom stereocenters. The highest BCUT2D eigenvalue weighted by Gasteiger charge is 2.26. The van der Waals surface area contributed by atoms with Gasteiger partial charge in [-0.2, -0.15) is 0 Å². The van der Waals surface area contributed by atoms with Gasteiger partial charge in [0.05, 0.1) is 11.7 Å². The van der Waals surface area contributed by atoms with E-state index in [1.165, 1.54) is 0 Å². The van der Waals surface area contributed by atoms with Crippen molar-refractivity contribution in [1.29, 1.82) is 0 Å². The number of nitrogens with two attached hydrogens (primary N) is 1. The molecule has 0 radical (unpaired) electrons. The fourth-order valence-electron chi connectivity index (χ4n) is 3.63. The van der Waals surface area contributed by atoms with Crippen LogP contribution in [0.4, 0.5) is 5.82 Å². The molecule has 2 aliphatic rings. The predicted octanol–water partition coefficient (Wildman–Crippen LogP) is -0.337. The van der Waals surface area contributed by atoms with Crippen LogP contribution in [-0.2, 0) is 0 Å². The van der Waals surface area contributed by atoms with Crippen LogP contribution in [0.2, 0.25) is 0 Å². The van der Waals surface area contributed by atoms with Crippen molar-refractivity contribution >= 4 is 11.7 Å². The third-order valence-corrected chi connectivity index (χ3v) is 5.10. The first-order valence-corrected chi connectivity index (χ1v) is 8.76. The van der Waals surface area contributed by atoms with Crippen LogP contribution in [0.3, 0.4) is 0 Å². The Hall–Kier alpha value is -1.70. The number of aliphatic hydroxyl groups excluding tert-OH is 1. The topological polar surface area (TPSA) is 94.7 Å². The number of nitrogens with zero attached hydrogens (tertiary/aromatic N) is 3. The number of carbonyl (C=O) groups excluding carboxylic acids is 1. The molecule has 2 saturated heterocycles. The van der Waals surface area contributed by atoms with Crippen LogP contribution in [0.15, 0.2) is 18.3 Å². The van der Waals surface area contributed by atoms with Gasteiger partial charge in [-0.3, -0.25) is 9.69 Å². The molecule has 7 heteroatoms. The van der Waals surface area contributed by atoms with Crippen molar-refractivity contribution in [2.24, 2.45) is 11.7 Å². The lowest BCUT2D eigenvalue weighted by Gasteiger charge is -2.38. The van der Waals surface area contributed by atoms with E-state index in [-0.39, 0.29) is 6.10 Å². The summed E-state index contributed by atoms with van der Waals surface area (Å²) in [6, 6.07) is 3.45. The van der Waals surface area contributed by atoms with Crippen molar-refractivity contribution in [2.45, 2.75) is 18.9 Å². The van der Waals surface area contributed by atoms with Gasteiger partial charge in [-0.05, 0) is 44.0 Å². The van der Waals surface area contributed by atoms with Crippen LogP contribution in [0.1, 0.15) is 23.2 Å². The van der Waals surface area contributed by atoms with Gasteiger partial charge >= 0.3 is 0 Å². The minimum absolute atomic E-state index is 0.255. The van der Waals surface area contributed by atoms with E-state index in [1.54, 1.807) is 18.3 Å². The van der Waals surface area contributed by atoms with E-state index in [1.807, 2.05) is 0 Å². The standard InChI is InChI=1S/C17H27N5O2/c18-16(24)14-2-1-5-20-17(14)22-10-8-21(9-11-22)12-15(23)13-3-6-19-7-4-13/h1-2,5,13,15,19,23H,3-4,6-12H2,(H2,18,24). The maximum atomic E-state index is 11.6. The summed E-state index contributed by atoms with van der Waals surface area (Å²) >= 11 is 0. The number of carbonyl (C=O) groups is 1. The van der Waals surface area contributed by atoms with Gasteiger partial charge in [0.15, 0.2) is 0 Å². The molecule has 0 bridgehead atoms. The highest BCUT2D eigenvalue weighted by Crippen LogP contribution is 2.20. The number of piperazine rings is 1.